The maximum absolute atomic E-state index is 12.7. The number of ether oxygens (including phenoxy) is 3. The van der Waals surface area contributed by atoms with Gasteiger partial charge in [-0.2, -0.15) is 0 Å². The molecule has 1 atom stereocenters. The predicted octanol–water partition coefficient (Wildman–Crippen LogP) is 15.5. The van der Waals surface area contributed by atoms with E-state index in [0.717, 1.165) is 122 Å². The molecule has 0 saturated carbocycles. The second-order valence-electron chi connectivity index (χ2n) is 15.6. The van der Waals surface area contributed by atoms with E-state index in [0.29, 0.717) is 19.3 Å². The van der Waals surface area contributed by atoms with E-state index in [9.17, 15) is 14.4 Å². The van der Waals surface area contributed by atoms with Crippen LogP contribution in [-0.2, 0) is 28.6 Å². The molecular formula is C52H88O6. The van der Waals surface area contributed by atoms with E-state index in [1.807, 2.05) is 0 Å². The average Bonchev–Trinajstić information content (AvgIpc) is 3.22. The number of hydrogen-bond donors (Lipinski definition) is 0. The Morgan fingerprint density at radius 3 is 1.07 bits per heavy atom. The lowest BCUT2D eigenvalue weighted by Crippen LogP contribution is -2.30. The molecule has 0 bridgehead atoms. The van der Waals surface area contributed by atoms with Gasteiger partial charge in [-0.15, -0.1) is 0 Å². The molecule has 0 fully saturated rings. The van der Waals surface area contributed by atoms with Crippen LogP contribution in [0.2, 0.25) is 0 Å². The third kappa shape index (κ3) is 44.0. The van der Waals surface area contributed by atoms with E-state index in [1.165, 1.54) is 57.8 Å². The Bertz CT molecular complexity index is 1110. The van der Waals surface area contributed by atoms with E-state index in [4.69, 9.17) is 14.2 Å². The Morgan fingerprint density at radius 1 is 0.362 bits per heavy atom. The molecule has 0 heterocycles. The first-order valence-electron chi connectivity index (χ1n) is 23.9. The fourth-order valence-electron chi connectivity index (χ4n) is 6.36. The van der Waals surface area contributed by atoms with Crippen LogP contribution in [0.15, 0.2) is 72.9 Å². The number of unbranched alkanes of at least 4 members (excludes halogenated alkanes) is 19. The second-order valence-corrected chi connectivity index (χ2v) is 15.6. The van der Waals surface area contributed by atoms with Crippen LogP contribution in [0.5, 0.6) is 0 Å². The van der Waals surface area contributed by atoms with Crippen LogP contribution in [0.1, 0.15) is 220 Å². The molecule has 0 aromatic heterocycles. The molecule has 58 heavy (non-hydrogen) atoms. The predicted molar refractivity (Wildman–Crippen MR) is 247 cm³/mol. The normalized spacial score (nSPS) is 12.7. The molecule has 0 amide bonds. The fraction of sp³-hybridized carbons (Fsp3) is 0.712. The lowest BCUT2D eigenvalue weighted by Gasteiger charge is -2.18. The van der Waals surface area contributed by atoms with Crippen LogP contribution in [0.4, 0.5) is 0 Å². The molecule has 6 heteroatoms. The van der Waals surface area contributed by atoms with Crippen LogP contribution in [0.3, 0.4) is 0 Å². The van der Waals surface area contributed by atoms with Crippen molar-refractivity contribution in [3.8, 4) is 0 Å². The quantitative estimate of drug-likeness (QED) is 0.0264. The molecule has 0 radical (unpaired) electrons. The van der Waals surface area contributed by atoms with E-state index in [-0.39, 0.29) is 31.1 Å². The van der Waals surface area contributed by atoms with Crippen molar-refractivity contribution in [2.24, 2.45) is 0 Å². The van der Waals surface area contributed by atoms with Gasteiger partial charge in [0.15, 0.2) is 6.10 Å². The summed E-state index contributed by atoms with van der Waals surface area (Å²) >= 11 is 0. The Hall–Kier alpha value is -3.15. The van der Waals surface area contributed by atoms with Gasteiger partial charge in [-0.3, -0.25) is 14.4 Å². The van der Waals surface area contributed by atoms with Gasteiger partial charge in [-0.1, -0.05) is 177 Å². The van der Waals surface area contributed by atoms with E-state index < -0.39 is 6.10 Å². The summed E-state index contributed by atoms with van der Waals surface area (Å²) in [6.45, 7) is 6.34. The highest BCUT2D eigenvalue weighted by Gasteiger charge is 2.19. The molecule has 332 valence electrons. The van der Waals surface area contributed by atoms with E-state index in [2.05, 4.69) is 93.7 Å². The fourth-order valence-corrected chi connectivity index (χ4v) is 6.36. The van der Waals surface area contributed by atoms with Crippen molar-refractivity contribution >= 4 is 17.9 Å². The molecule has 0 aliphatic carbocycles. The zero-order chi connectivity index (χ0) is 42.3. The highest BCUT2D eigenvalue weighted by molar-refractivity contribution is 5.71. The van der Waals surface area contributed by atoms with Crippen LogP contribution < -0.4 is 0 Å². The van der Waals surface area contributed by atoms with Crippen molar-refractivity contribution in [1.82, 2.24) is 0 Å². The molecule has 0 saturated heterocycles. The van der Waals surface area contributed by atoms with E-state index >= 15 is 0 Å². The number of rotatable bonds is 42. The minimum atomic E-state index is -0.787. The minimum absolute atomic E-state index is 0.0897. The van der Waals surface area contributed by atoms with Gasteiger partial charge in [0, 0.05) is 19.3 Å². The smallest absolute Gasteiger partial charge is 0.306 e. The van der Waals surface area contributed by atoms with Gasteiger partial charge in [0.1, 0.15) is 13.2 Å². The van der Waals surface area contributed by atoms with Crippen molar-refractivity contribution in [2.75, 3.05) is 13.2 Å². The highest BCUT2D eigenvalue weighted by atomic mass is 16.6. The summed E-state index contributed by atoms with van der Waals surface area (Å²) in [6.07, 6.45) is 57.4. The third-order valence-electron chi connectivity index (χ3n) is 9.93. The van der Waals surface area contributed by atoms with Gasteiger partial charge in [0.2, 0.25) is 0 Å². The maximum atomic E-state index is 12.7. The summed E-state index contributed by atoms with van der Waals surface area (Å²) in [5.41, 5.74) is 0. The van der Waals surface area contributed by atoms with Gasteiger partial charge in [0.25, 0.3) is 0 Å². The maximum Gasteiger partial charge on any atom is 0.306 e. The lowest BCUT2D eigenvalue weighted by atomic mass is 10.1. The summed E-state index contributed by atoms with van der Waals surface area (Å²) in [5.74, 6) is -0.927. The van der Waals surface area contributed by atoms with Crippen molar-refractivity contribution < 1.29 is 28.6 Å². The average molecular weight is 809 g/mol. The standard InChI is InChI=1S/C52H88O6/c1-4-7-10-13-16-19-22-24-26-27-29-30-33-36-39-42-45-51(54)57-48-49(47-56-50(53)44-41-38-35-32-21-18-15-12-9-6-3)58-52(55)46-43-40-37-34-31-28-25-23-20-17-14-11-8-5-2/h7-8,10-11,15-20,24,26,49H,4-6,9,12-14,21-23,25,27-48H2,1-3H3/b10-7-,11-8-,18-15-,19-16-,20-17-,26-24-. The summed E-state index contributed by atoms with van der Waals surface area (Å²) < 4.78 is 16.7. The molecule has 0 spiro atoms. The Kier molecular flexibility index (Phi) is 44.0. The molecule has 0 N–H and O–H groups in total. The molecule has 0 aliphatic rings. The molecule has 0 aromatic rings. The monoisotopic (exact) mass is 809 g/mol. The van der Waals surface area contributed by atoms with Crippen LogP contribution in [-0.4, -0.2) is 37.2 Å². The Morgan fingerprint density at radius 2 is 0.672 bits per heavy atom. The first kappa shape index (κ1) is 54.9. The van der Waals surface area contributed by atoms with Crippen molar-refractivity contribution in [1.29, 1.82) is 0 Å². The Balaban J connectivity index is 4.40. The van der Waals surface area contributed by atoms with Crippen LogP contribution >= 0.6 is 0 Å². The molecular weight excluding hydrogens is 721 g/mol. The lowest BCUT2D eigenvalue weighted by molar-refractivity contribution is -0.167. The van der Waals surface area contributed by atoms with Gasteiger partial charge in [-0.05, 0) is 96.3 Å². The molecule has 6 nitrogen and oxygen atoms in total. The van der Waals surface area contributed by atoms with Gasteiger partial charge in [0.05, 0.1) is 0 Å². The SMILES string of the molecule is CC/C=C\C/C=C\C/C=C\CCCCCCCCC(=O)OCC(COC(=O)CCCCCC/C=C\CCCC)OC(=O)CCCCCCCCC/C=C\C/C=C\CC. The summed E-state index contributed by atoms with van der Waals surface area (Å²) in [5, 5.41) is 0. The van der Waals surface area contributed by atoms with Gasteiger partial charge < -0.3 is 14.2 Å². The van der Waals surface area contributed by atoms with Crippen LogP contribution in [0.25, 0.3) is 0 Å². The van der Waals surface area contributed by atoms with Crippen LogP contribution in [0, 0.1) is 0 Å². The topological polar surface area (TPSA) is 78.9 Å². The van der Waals surface area contributed by atoms with Crippen molar-refractivity contribution in [3.05, 3.63) is 72.9 Å². The number of carbonyl (C=O) groups excluding carboxylic acids is 3. The third-order valence-corrected chi connectivity index (χ3v) is 9.93. The molecule has 1 unspecified atom stereocenters. The number of carbonyl (C=O) groups is 3. The number of hydrogen-bond acceptors (Lipinski definition) is 6. The molecule has 0 aromatic carbocycles. The first-order chi connectivity index (χ1) is 28.5. The molecule has 0 aliphatic heterocycles. The minimum Gasteiger partial charge on any atom is -0.462 e. The zero-order valence-electron chi connectivity index (χ0n) is 37.8. The summed E-state index contributed by atoms with van der Waals surface area (Å²) in [4.78, 5) is 37.8. The molecule has 0 rings (SSSR count). The number of allylic oxidation sites excluding steroid dienone is 12. The summed E-state index contributed by atoms with van der Waals surface area (Å²) in [6, 6.07) is 0. The van der Waals surface area contributed by atoms with Gasteiger partial charge in [-0.25, -0.2) is 0 Å². The van der Waals surface area contributed by atoms with Crippen molar-refractivity contribution in [2.45, 2.75) is 226 Å². The van der Waals surface area contributed by atoms with E-state index in [1.54, 1.807) is 0 Å². The van der Waals surface area contributed by atoms with Gasteiger partial charge >= 0.3 is 17.9 Å². The highest BCUT2D eigenvalue weighted by Crippen LogP contribution is 2.14. The van der Waals surface area contributed by atoms with Crippen molar-refractivity contribution in [3.63, 3.8) is 0 Å². The first-order valence-corrected chi connectivity index (χ1v) is 23.9. The second kappa shape index (κ2) is 46.5. The largest absolute Gasteiger partial charge is 0.462 e. The Labute approximate surface area is 357 Å². The zero-order valence-corrected chi connectivity index (χ0v) is 37.8. The summed E-state index contributed by atoms with van der Waals surface area (Å²) in [7, 11) is 0. The number of esters is 3.